The molecule has 0 saturated carbocycles. The van der Waals surface area contributed by atoms with E-state index in [1.165, 1.54) is 32.1 Å². The molecule has 1 rings (SSSR count). The Morgan fingerprint density at radius 2 is 1.74 bits per heavy atom. The van der Waals surface area contributed by atoms with Gasteiger partial charge in [-0.3, -0.25) is 4.79 Å². The van der Waals surface area contributed by atoms with E-state index < -0.39 is 0 Å². The van der Waals surface area contributed by atoms with Gasteiger partial charge >= 0.3 is 0 Å². The highest BCUT2D eigenvalue weighted by atomic mass is 16.5. The fourth-order valence-electron chi connectivity index (χ4n) is 2.22. The van der Waals surface area contributed by atoms with Crippen LogP contribution in [0.15, 0.2) is 0 Å². The number of rotatable bonds is 10. The molecule has 0 unspecified atom stereocenters. The lowest BCUT2D eigenvalue weighted by Crippen LogP contribution is -2.41. The van der Waals surface area contributed by atoms with Crippen LogP contribution in [0.4, 0.5) is 0 Å². The van der Waals surface area contributed by atoms with Gasteiger partial charge < -0.3 is 14.4 Å². The molecule has 0 atom stereocenters. The van der Waals surface area contributed by atoms with Crippen molar-refractivity contribution in [2.24, 2.45) is 0 Å². The maximum absolute atomic E-state index is 11.8. The highest BCUT2D eigenvalue weighted by Crippen LogP contribution is 2.05. The number of unbranched alkanes of at least 4 members (excludes halogenated alkanes) is 5. The molecule has 0 spiro atoms. The molecule has 0 aliphatic carbocycles. The SMILES string of the molecule is CCCCCCCCOCCC(=O)N1CCOCC1. The van der Waals surface area contributed by atoms with Gasteiger partial charge in [0.25, 0.3) is 0 Å². The predicted molar refractivity (Wildman–Crippen MR) is 76.2 cm³/mol. The van der Waals surface area contributed by atoms with Crippen molar-refractivity contribution in [3.8, 4) is 0 Å². The molecule has 0 radical (unpaired) electrons. The summed E-state index contributed by atoms with van der Waals surface area (Å²) in [5.74, 6) is 0.200. The number of nitrogens with zero attached hydrogens (tertiary/aromatic N) is 1. The van der Waals surface area contributed by atoms with Crippen molar-refractivity contribution in [3.05, 3.63) is 0 Å². The van der Waals surface area contributed by atoms with Gasteiger partial charge in [-0.2, -0.15) is 0 Å². The summed E-state index contributed by atoms with van der Waals surface area (Å²) in [5.41, 5.74) is 0. The van der Waals surface area contributed by atoms with E-state index in [9.17, 15) is 4.79 Å². The zero-order chi connectivity index (χ0) is 13.8. The summed E-state index contributed by atoms with van der Waals surface area (Å²) in [6.07, 6.45) is 8.16. The molecule has 1 aliphatic heterocycles. The van der Waals surface area contributed by atoms with E-state index in [0.717, 1.165) is 26.1 Å². The third kappa shape index (κ3) is 8.22. The molecule has 112 valence electrons. The van der Waals surface area contributed by atoms with Gasteiger partial charge in [0, 0.05) is 19.7 Å². The highest BCUT2D eigenvalue weighted by Gasteiger charge is 2.15. The third-order valence-corrected chi connectivity index (χ3v) is 3.47. The average Bonchev–Trinajstić information content (AvgIpc) is 2.46. The minimum absolute atomic E-state index is 0.200. The molecular formula is C15H29NO3. The van der Waals surface area contributed by atoms with E-state index >= 15 is 0 Å². The Morgan fingerprint density at radius 1 is 1.05 bits per heavy atom. The molecule has 1 heterocycles. The lowest BCUT2D eigenvalue weighted by Gasteiger charge is -2.26. The first-order valence-corrected chi connectivity index (χ1v) is 7.78. The van der Waals surface area contributed by atoms with Crippen LogP contribution < -0.4 is 0 Å². The zero-order valence-electron chi connectivity index (χ0n) is 12.4. The maximum atomic E-state index is 11.8. The molecule has 4 nitrogen and oxygen atoms in total. The molecule has 1 aliphatic rings. The first kappa shape index (κ1) is 16.4. The van der Waals surface area contributed by atoms with Crippen LogP contribution in [-0.4, -0.2) is 50.3 Å². The van der Waals surface area contributed by atoms with Gasteiger partial charge in [0.05, 0.1) is 26.2 Å². The Kier molecular flexibility index (Phi) is 9.72. The predicted octanol–water partition coefficient (Wildman–Crippen LogP) is 2.61. The number of amides is 1. The number of carbonyl (C=O) groups excluding carboxylic acids is 1. The molecule has 4 heteroatoms. The van der Waals surface area contributed by atoms with Gasteiger partial charge in [-0.25, -0.2) is 0 Å². The molecule has 1 fully saturated rings. The molecule has 0 bridgehead atoms. The zero-order valence-corrected chi connectivity index (χ0v) is 12.4. The van der Waals surface area contributed by atoms with Crippen LogP contribution >= 0.6 is 0 Å². The summed E-state index contributed by atoms with van der Waals surface area (Å²) in [6.45, 7) is 6.39. The number of hydrogen-bond acceptors (Lipinski definition) is 3. The molecule has 0 aromatic rings. The molecule has 0 aromatic heterocycles. The fraction of sp³-hybridized carbons (Fsp3) is 0.933. The van der Waals surface area contributed by atoms with E-state index in [1.54, 1.807) is 0 Å². The highest BCUT2D eigenvalue weighted by molar-refractivity contribution is 5.76. The third-order valence-electron chi connectivity index (χ3n) is 3.47. The normalized spacial score (nSPS) is 15.7. The first-order valence-electron chi connectivity index (χ1n) is 7.78. The summed E-state index contributed by atoms with van der Waals surface area (Å²) in [4.78, 5) is 13.7. The van der Waals surface area contributed by atoms with Gasteiger partial charge in [0.1, 0.15) is 0 Å². The van der Waals surface area contributed by atoms with Crippen molar-refractivity contribution in [2.45, 2.75) is 51.9 Å². The second-order valence-electron chi connectivity index (χ2n) is 5.12. The van der Waals surface area contributed by atoms with Crippen molar-refractivity contribution in [1.29, 1.82) is 0 Å². The van der Waals surface area contributed by atoms with Crippen LogP contribution in [-0.2, 0) is 14.3 Å². The van der Waals surface area contributed by atoms with E-state index in [0.29, 0.717) is 26.2 Å². The first-order chi connectivity index (χ1) is 9.34. The molecule has 19 heavy (non-hydrogen) atoms. The van der Waals surface area contributed by atoms with Crippen LogP contribution in [0.3, 0.4) is 0 Å². The second-order valence-corrected chi connectivity index (χ2v) is 5.12. The van der Waals surface area contributed by atoms with Crippen LogP contribution in [0.2, 0.25) is 0 Å². The van der Waals surface area contributed by atoms with Crippen LogP contribution in [0.1, 0.15) is 51.9 Å². The van der Waals surface area contributed by atoms with Crippen molar-refractivity contribution >= 4 is 5.91 Å². The fourth-order valence-corrected chi connectivity index (χ4v) is 2.22. The summed E-state index contributed by atoms with van der Waals surface area (Å²) in [7, 11) is 0. The number of ether oxygens (including phenoxy) is 2. The molecule has 1 saturated heterocycles. The Morgan fingerprint density at radius 3 is 2.47 bits per heavy atom. The van der Waals surface area contributed by atoms with Gasteiger partial charge in [-0.1, -0.05) is 39.0 Å². The summed E-state index contributed by atoms with van der Waals surface area (Å²) in [6, 6.07) is 0. The minimum atomic E-state index is 0.200. The Balaban J connectivity index is 1.86. The van der Waals surface area contributed by atoms with Gasteiger partial charge in [0.2, 0.25) is 5.91 Å². The Bertz CT molecular complexity index is 227. The minimum Gasteiger partial charge on any atom is -0.381 e. The number of carbonyl (C=O) groups is 1. The number of morpholine rings is 1. The van der Waals surface area contributed by atoms with E-state index in [-0.39, 0.29) is 5.91 Å². The summed E-state index contributed by atoms with van der Waals surface area (Å²) >= 11 is 0. The molecule has 0 N–H and O–H groups in total. The number of hydrogen-bond donors (Lipinski definition) is 0. The van der Waals surface area contributed by atoms with Crippen LogP contribution in [0, 0.1) is 0 Å². The van der Waals surface area contributed by atoms with Gasteiger partial charge in [0.15, 0.2) is 0 Å². The monoisotopic (exact) mass is 271 g/mol. The van der Waals surface area contributed by atoms with Crippen molar-refractivity contribution in [3.63, 3.8) is 0 Å². The lowest BCUT2D eigenvalue weighted by atomic mass is 10.1. The maximum Gasteiger partial charge on any atom is 0.225 e. The molecule has 1 amide bonds. The largest absolute Gasteiger partial charge is 0.381 e. The van der Waals surface area contributed by atoms with Crippen molar-refractivity contribution in [1.82, 2.24) is 4.90 Å². The summed E-state index contributed by atoms with van der Waals surface area (Å²) in [5, 5.41) is 0. The lowest BCUT2D eigenvalue weighted by molar-refractivity contribution is -0.136. The summed E-state index contributed by atoms with van der Waals surface area (Å²) < 4.78 is 10.7. The van der Waals surface area contributed by atoms with E-state index in [4.69, 9.17) is 9.47 Å². The average molecular weight is 271 g/mol. The van der Waals surface area contributed by atoms with Crippen molar-refractivity contribution in [2.75, 3.05) is 39.5 Å². The molecular weight excluding hydrogens is 242 g/mol. The van der Waals surface area contributed by atoms with Gasteiger partial charge in [-0.15, -0.1) is 0 Å². The van der Waals surface area contributed by atoms with Gasteiger partial charge in [-0.05, 0) is 6.42 Å². The smallest absolute Gasteiger partial charge is 0.225 e. The standard InChI is InChI=1S/C15H29NO3/c1-2-3-4-5-6-7-11-18-12-8-15(17)16-9-13-19-14-10-16/h2-14H2,1H3. The van der Waals surface area contributed by atoms with Crippen molar-refractivity contribution < 1.29 is 14.3 Å². The van der Waals surface area contributed by atoms with Crippen LogP contribution in [0.25, 0.3) is 0 Å². The van der Waals surface area contributed by atoms with E-state index in [1.807, 2.05) is 4.90 Å². The second kappa shape index (κ2) is 11.2. The Labute approximate surface area is 117 Å². The quantitative estimate of drug-likeness (QED) is 0.573. The molecule has 0 aromatic carbocycles. The topological polar surface area (TPSA) is 38.8 Å². The Hall–Kier alpha value is -0.610. The van der Waals surface area contributed by atoms with Crippen LogP contribution in [0.5, 0.6) is 0 Å². The van der Waals surface area contributed by atoms with E-state index in [2.05, 4.69) is 6.92 Å².